The first-order chi connectivity index (χ1) is 7.95. The molecule has 0 aliphatic carbocycles. The number of amides is 1. The van der Waals surface area contributed by atoms with Crippen LogP contribution in [0.5, 0.6) is 0 Å². The van der Waals surface area contributed by atoms with E-state index in [-0.39, 0.29) is 4.90 Å². The molecule has 0 spiro atoms. The Morgan fingerprint density at radius 2 is 1.94 bits per heavy atom. The Bertz CT molecular complexity index is 485. The number of hydrogen-bond donors (Lipinski definition) is 2. The van der Waals surface area contributed by atoms with Gasteiger partial charge in [-0.2, -0.15) is 8.42 Å². The third-order valence-corrected chi connectivity index (χ3v) is 3.53. The predicted octanol–water partition coefficient (Wildman–Crippen LogP) is 0.220. The summed E-state index contributed by atoms with van der Waals surface area (Å²) in [6.45, 7) is -1.24. The average Bonchev–Trinajstić information content (AvgIpc) is 2.28. The van der Waals surface area contributed by atoms with Gasteiger partial charge in [-0.1, -0.05) is 15.9 Å². The number of carbonyl (C=O) groups excluding carboxylic acids is 1. The Balaban J connectivity index is 2.69. The number of halogens is 1. The summed E-state index contributed by atoms with van der Waals surface area (Å²) in [6, 6.07) is 5.79. The molecule has 0 radical (unpaired) electrons. The van der Waals surface area contributed by atoms with Crippen molar-refractivity contribution in [2.24, 2.45) is 0 Å². The summed E-state index contributed by atoms with van der Waals surface area (Å²) >= 11 is 3.17. The minimum Gasteiger partial charge on any atom is -0.376 e. The van der Waals surface area contributed by atoms with Gasteiger partial charge in [0, 0.05) is 4.47 Å². The molecule has 1 aromatic rings. The van der Waals surface area contributed by atoms with Crippen LogP contribution in [0.1, 0.15) is 0 Å². The van der Waals surface area contributed by atoms with Gasteiger partial charge < -0.3 is 10.4 Å². The lowest BCUT2D eigenvalue weighted by atomic mass is 10.4. The molecular formula is C9H10BrNO5S. The van der Waals surface area contributed by atoms with Crippen molar-refractivity contribution in [3.63, 3.8) is 0 Å². The summed E-state index contributed by atoms with van der Waals surface area (Å²) in [4.78, 5) is 10.9. The molecule has 0 atom stereocenters. The molecule has 8 heteroatoms. The average molecular weight is 324 g/mol. The summed E-state index contributed by atoms with van der Waals surface area (Å²) in [5.74, 6) is -0.715. The van der Waals surface area contributed by atoms with E-state index in [2.05, 4.69) is 20.1 Å². The van der Waals surface area contributed by atoms with Crippen LogP contribution in [0.4, 0.5) is 0 Å². The molecule has 0 aliphatic heterocycles. The lowest BCUT2D eigenvalue weighted by Crippen LogP contribution is -2.29. The number of carbonyl (C=O) groups is 1. The first-order valence-electron chi connectivity index (χ1n) is 4.48. The molecule has 17 heavy (non-hydrogen) atoms. The highest BCUT2D eigenvalue weighted by atomic mass is 79.9. The molecule has 0 heterocycles. The summed E-state index contributed by atoms with van der Waals surface area (Å²) in [7, 11) is -3.95. The fourth-order valence-electron chi connectivity index (χ4n) is 0.940. The smallest absolute Gasteiger partial charge is 0.297 e. The number of aliphatic hydroxyl groups excluding tert-OH is 1. The molecule has 0 saturated carbocycles. The van der Waals surface area contributed by atoms with Crippen molar-refractivity contribution < 1.29 is 22.5 Å². The van der Waals surface area contributed by atoms with Gasteiger partial charge in [-0.3, -0.25) is 8.98 Å². The summed E-state index contributed by atoms with van der Waals surface area (Å²) in [6.07, 6.45) is 0. The molecule has 0 fully saturated rings. The molecule has 94 valence electrons. The van der Waals surface area contributed by atoms with E-state index < -0.39 is 29.4 Å². The van der Waals surface area contributed by atoms with Crippen molar-refractivity contribution >= 4 is 32.0 Å². The maximum absolute atomic E-state index is 11.6. The van der Waals surface area contributed by atoms with Gasteiger partial charge in [0.05, 0.1) is 4.90 Å². The third-order valence-electron chi connectivity index (χ3n) is 1.72. The van der Waals surface area contributed by atoms with Crippen molar-refractivity contribution in [3.05, 3.63) is 28.7 Å². The Kier molecular flexibility index (Phi) is 5.06. The van der Waals surface area contributed by atoms with Gasteiger partial charge in [-0.15, -0.1) is 0 Å². The van der Waals surface area contributed by atoms with Crippen LogP contribution >= 0.6 is 15.9 Å². The molecule has 1 amide bonds. The van der Waals surface area contributed by atoms with Crippen molar-refractivity contribution in [1.29, 1.82) is 0 Å². The van der Waals surface area contributed by atoms with E-state index in [0.29, 0.717) is 0 Å². The number of hydrogen-bond acceptors (Lipinski definition) is 5. The van der Waals surface area contributed by atoms with E-state index in [4.69, 9.17) is 5.11 Å². The second-order valence-electron chi connectivity index (χ2n) is 2.93. The molecule has 1 rings (SSSR count). The lowest BCUT2D eigenvalue weighted by molar-refractivity contribution is -0.124. The van der Waals surface area contributed by atoms with Crippen molar-refractivity contribution in [3.8, 4) is 0 Å². The van der Waals surface area contributed by atoms with Crippen LogP contribution in [0.15, 0.2) is 33.6 Å². The zero-order chi connectivity index (χ0) is 12.9. The molecular weight excluding hydrogens is 314 g/mol. The third kappa shape index (κ3) is 4.43. The highest BCUT2D eigenvalue weighted by Crippen LogP contribution is 2.16. The predicted molar refractivity (Wildman–Crippen MR) is 62.5 cm³/mol. The zero-order valence-corrected chi connectivity index (χ0v) is 11.0. The van der Waals surface area contributed by atoms with E-state index >= 15 is 0 Å². The Labute approximate surface area is 107 Å². The highest BCUT2D eigenvalue weighted by Gasteiger charge is 2.16. The van der Waals surface area contributed by atoms with E-state index in [1.807, 2.05) is 5.32 Å². The second-order valence-corrected chi connectivity index (χ2v) is 5.46. The monoisotopic (exact) mass is 323 g/mol. The Morgan fingerprint density at radius 1 is 1.35 bits per heavy atom. The fraction of sp³-hybridized carbons (Fsp3) is 0.222. The zero-order valence-electron chi connectivity index (χ0n) is 8.59. The molecule has 2 N–H and O–H groups in total. The van der Waals surface area contributed by atoms with Crippen LogP contribution in [0, 0.1) is 0 Å². The van der Waals surface area contributed by atoms with Crippen LogP contribution in [0.2, 0.25) is 0 Å². The minimum absolute atomic E-state index is 0.0440. The standard InChI is InChI=1S/C9H10BrNO5S/c10-7-1-3-8(4-2-7)17(14,15)16-5-9(13)11-6-12/h1-4,12H,5-6H2,(H,11,13). The summed E-state index contributed by atoms with van der Waals surface area (Å²) in [5.41, 5.74) is 0. The van der Waals surface area contributed by atoms with Crippen LogP contribution < -0.4 is 5.32 Å². The molecule has 0 aliphatic rings. The van der Waals surface area contributed by atoms with E-state index in [9.17, 15) is 13.2 Å². The van der Waals surface area contributed by atoms with E-state index in [1.54, 1.807) is 12.1 Å². The molecule has 1 aromatic carbocycles. The van der Waals surface area contributed by atoms with Crippen molar-refractivity contribution in [1.82, 2.24) is 5.32 Å². The largest absolute Gasteiger partial charge is 0.376 e. The highest BCUT2D eigenvalue weighted by molar-refractivity contribution is 9.10. The number of rotatable bonds is 5. The minimum atomic E-state index is -3.95. The van der Waals surface area contributed by atoms with Crippen LogP contribution in [-0.2, 0) is 19.1 Å². The summed E-state index contributed by atoms with van der Waals surface area (Å²) < 4.78 is 28.4. The van der Waals surface area contributed by atoms with Crippen molar-refractivity contribution in [2.75, 3.05) is 13.3 Å². The van der Waals surface area contributed by atoms with E-state index in [1.165, 1.54) is 12.1 Å². The van der Waals surface area contributed by atoms with Crippen molar-refractivity contribution in [2.45, 2.75) is 4.90 Å². The van der Waals surface area contributed by atoms with Gasteiger partial charge in [-0.25, -0.2) is 0 Å². The molecule has 0 aromatic heterocycles. The normalized spacial score (nSPS) is 11.2. The maximum Gasteiger partial charge on any atom is 0.297 e. The van der Waals surface area contributed by atoms with Crippen LogP contribution in [0.3, 0.4) is 0 Å². The van der Waals surface area contributed by atoms with Gasteiger partial charge in [0.1, 0.15) is 13.3 Å². The van der Waals surface area contributed by atoms with E-state index in [0.717, 1.165) is 4.47 Å². The molecule has 0 unspecified atom stereocenters. The van der Waals surface area contributed by atoms with Crippen LogP contribution in [-0.4, -0.2) is 32.8 Å². The van der Waals surface area contributed by atoms with Gasteiger partial charge in [0.2, 0.25) is 5.91 Å². The Hall–Kier alpha value is -0.960. The molecule has 0 bridgehead atoms. The fourth-order valence-corrected chi connectivity index (χ4v) is 2.07. The molecule has 0 saturated heterocycles. The quantitative estimate of drug-likeness (QED) is 0.597. The van der Waals surface area contributed by atoms with Gasteiger partial charge in [-0.05, 0) is 24.3 Å². The SMILES string of the molecule is O=C(COS(=O)(=O)c1ccc(Br)cc1)NCO. The first kappa shape index (κ1) is 14.1. The lowest BCUT2D eigenvalue weighted by Gasteiger charge is -2.05. The Morgan fingerprint density at radius 3 is 2.47 bits per heavy atom. The number of benzene rings is 1. The van der Waals surface area contributed by atoms with Gasteiger partial charge in [0.25, 0.3) is 10.1 Å². The molecule has 6 nitrogen and oxygen atoms in total. The topological polar surface area (TPSA) is 92.7 Å². The first-order valence-corrected chi connectivity index (χ1v) is 6.68. The van der Waals surface area contributed by atoms with Gasteiger partial charge in [0.15, 0.2) is 0 Å². The van der Waals surface area contributed by atoms with Gasteiger partial charge >= 0.3 is 0 Å². The number of aliphatic hydroxyl groups is 1. The second kappa shape index (κ2) is 6.10. The maximum atomic E-state index is 11.6. The van der Waals surface area contributed by atoms with Crippen LogP contribution in [0.25, 0.3) is 0 Å². The summed E-state index contributed by atoms with van der Waals surface area (Å²) in [5, 5.41) is 10.4. The number of nitrogens with one attached hydrogen (secondary N) is 1.